The zero-order chi connectivity index (χ0) is 21.1. The van der Waals surface area contributed by atoms with E-state index in [4.69, 9.17) is 0 Å². The molecule has 4 aromatic rings. The monoisotopic (exact) mass is 399 g/mol. The lowest BCUT2D eigenvalue weighted by atomic mass is 10.1. The van der Waals surface area contributed by atoms with Gasteiger partial charge in [0.15, 0.2) is 0 Å². The molecule has 1 N–H and O–H groups in total. The number of hydrogen-bond acceptors (Lipinski definition) is 3. The third kappa shape index (κ3) is 3.80. The normalized spacial score (nSPS) is 10.8. The summed E-state index contributed by atoms with van der Waals surface area (Å²) in [6.07, 6.45) is 0. The Kier molecular flexibility index (Phi) is 5.30. The summed E-state index contributed by atoms with van der Waals surface area (Å²) in [7, 11) is 1.60. The number of amides is 1. The molecule has 150 valence electrons. The Morgan fingerprint density at radius 2 is 1.40 bits per heavy atom. The van der Waals surface area contributed by atoms with Crippen LogP contribution in [-0.4, -0.2) is 15.0 Å². The van der Waals surface area contributed by atoms with Crippen LogP contribution < -0.4 is 16.4 Å². The van der Waals surface area contributed by atoms with Gasteiger partial charge < -0.3 is 9.88 Å². The number of nitrogens with zero attached hydrogens (tertiary/aromatic N) is 2. The predicted octanol–water partition coefficient (Wildman–Crippen LogP) is 2.68. The molecule has 0 aliphatic heterocycles. The standard InChI is InChI=1S/C24H21N3O3/c1-26-20-9-5-6-10-21(20)27(24(30)23(26)29)16-18-11-13-19(14-12-18)22(28)25-15-17-7-3-2-4-8-17/h2-14H,15-16H2,1H3,(H,25,28). The van der Waals surface area contributed by atoms with Crippen molar-refractivity contribution in [3.05, 3.63) is 116 Å². The number of aryl methyl sites for hydroxylation is 1. The topological polar surface area (TPSA) is 73.1 Å². The molecule has 1 aromatic heterocycles. The van der Waals surface area contributed by atoms with Crippen LogP contribution in [0.3, 0.4) is 0 Å². The highest BCUT2D eigenvalue weighted by molar-refractivity contribution is 5.94. The third-order valence-corrected chi connectivity index (χ3v) is 5.12. The van der Waals surface area contributed by atoms with E-state index in [1.807, 2.05) is 54.6 Å². The number of hydrogen-bond donors (Lipinski definition) is 1. The summed E-state index contributed by atoms with van der Waals surface area (Å²) in [5, 5.41) is 2.89. The second-order valence-corrected chi connectivity index (χ2v) is 7.11. The molecule has 0 bridgehead atoms. The number of aromatic nitrogens is 2. The van der Waals surface area contributed by atoms with Gasteiger partial charge >= 0.3 is 11.1 Å². The van der Waals surface area contributed by atoms with Crippen molar-refractivity contribution in [3.63, 3.8) is 0 Å². The van der Waals surface area contributed by atoms with Gasteiger partial charge in [0.2, 0.25) is 0 Å². The molecular weight excluding hydrogens is 378 g/mol. The minimum absolute atomic E-state index is 0.165. The van der Waals surface area contributed by atoms with Gasteiger partial charge in [0, 0.05) is 19.2 Å². The zero-order valence-corrected chi connectivity index (χ0v) is 16.5. The third-order valence-electron chi connectivity index (χ3n) is 5.12. The number of nitrogens with one attached hydrogen (secondary N) is 1. The maximum absolute atomic E-state index is 12.6. The number of benzene rings is 3. The molecule has 0 atom stereocenters. The van der Waals surface area contributed by atoms with E-state index >= 15 is 0 Å². The first kappa shape index (κ1) is 19.4. The Hall–Kier alpha value is -3.93. The van der Waals surface area contributed by atoms with Crippen molar-refractivity contribution >= 4 is 16.9 Å². The molecular formula is C24H21N3O3. The molecule has 0 saturated carbocycles. The Balaban J connectivity index is 1.55. The van der Waals surface area contributed by atoms with Crippen LogP contribution in [0.2, 0.25) is 0 Å². The van der Waals surface area contributed by atoms with E-state index in [1.54, 1.807) is 31.3 Å². The van der Waals surface area contributed by atoms with Gasteiger partial charge in [-0.25, -0.2) is 0 Å². The number of carbonyl (C=O) groups is 1. The van der Waals surface area contributed by atoms with Crippen molar-refractivity contribution in [2.75, 3.05) is 0 Å². The second-order valence-electron chi connectivity index (χ2n) is 7.11. The van der Waals surface area contributed by atoms with Crippen LogP contribution in [0.4, 0.5) is 0 Å². The number of rotatable bonds is 5. The average molecular weight is 399 g/mol. The molecule has 0 radical (unpaired) electrons. The number of carbonyl (C=O) groups excluding carboxylic acids is 1. The second kappa shape index (κ2) is 8.21. The molecule has 1 heterocycles. The Labute approximate surface area is 173 Å². The summed E-state index contributed by atoms with van der Waals surface area (Å²) in [5.41, 5.74) is 2.64. The van der Waals surface area contributed by atoms with Crippen LogP contribution in [0.25, 0.3) is 11.0 Å². The maximum atomic E-state index is 12.6. The average Bonchev–Trinajstić information content (AvgIpc) is 2.80. The molecule has 0 aliphatic carbocycles. The number of fused-ring (bicyclic) bond motifs is 1. The molecule has 0 spiro atoms. The van der Waals surface area contributed by atoms with Gasteiger partial charge in [0.1, 0.15) is 0 Å². The molecule has 0 aliphatic rings. The highest BCUT2D eigenvalue weighted by Crippen LogP contribution is 2.12. The first-order valence-electron chi connectivity index (χ1n) is 9.64. The van der Waals surface area contributed by atoms with Crippen molar-refractivity contribution < 1.29 is 4.79 Å². The summed E-state index contributed by atoms with van der Waals surface area (Å²) in [6, 6.07) is 24.1. The lowest BCUT2D eigenvalue weighted by Crippen LogP contribution is -2.40. The fourth-order valence-corrected chi connectivity index (χ4v) is 3.44. The van der Waals surface area contributed by atoms with E-state index in [0.29, 0.717) is 23.1 Å². The summed E-state index contributed by atoms with van der Waals surface area (Å²) < 4.78 is 2.84. The molecule has 0 unspecified atom stereocenters. The number of para-hydroxylation sites is 2. The molecule has 3 aromatic carbocycles. The van der Waals surface area contributed by atoms with Crippen LogP contribution in [0, 0.1) is 0 Å². The van der Waals surface area contributed by atoms with Crippen molar-refractivity contribution in [2.45, 2.75) is 13.1 Å². The zero-order valence-electron chi connectivity index (χ0n) is 16.5. The van der Waals surface area contributed by atoms with Gasteiger partial charge in [-0.3, -0.25) is 19.0 Å². The van der Waals surface area contributed by atoms with E-state index in [-0.39, 0.29) is 12.5 Å². The van der Waals surface area contributed by atoms with E-state index in [2.05, 4.69) is 5.32 Å². The van der Waals surface area contributed by atoms with Crippen molar-refractivity contribution in [1.82, 2.24) is 14.5 Å². The van der Waals surface area contributed by atoms with E-state index in [0.717, 1.165) is 11.1 Å². The Morgan fingerprint density at radius 1 is 0.767 bits per heavy atom. The van der Waals surface area contributed by atoms with Crippen LogP contribution in [0.5, 0.6) is 0 Å². The highest BCUT2D eigenvalue weighted by Gasteiger charge is 2.11. The smallest absolute Gasteiger partial charge is 0.317 e. The van der Waals surface area contributed by atoms with E-state index in [9.17, 15) is 14.4 Å². The maximum Gasteiger partial charge on any atom is 0.317 e. The van der Waals surface area contributed by atoms with Crippen molar-refractivity contribution in [2.24, 2.45) is 7.05 Å². The van der Waals surface area contributed by atoms with Gasteiger partial charge in [-0.05, 0) is 35.4 Å². The Morgan fingerprint density at radius 3 is 2.10 bits per heavy atom. The minimum Gasteiger partial charge on any atom is -0.348 e. The quantitative estimate of drug-likeness (QED) is 0.525. The largest absolute Gasteiger partial charge is 0.348 e. The molecule has 6 heteroatoms. The summed E-state index contributed by atoms with van der Waals surface area (Å²) >= 11 is 0. The van der Waals surface area contributed by atoms with Crippen LogP contribution in [-0.2, 0) is 20.1 Å². The van der Waals surface area contributed by atoms with Crippen molar-refractivity contribution in [3.8, 4) is 0 Å². The van der Waals surface area contributed by atoms with E-state index in [1.165, 1.54) is 9.13 Å². The van der Waals surface area contributed by atoms with E-state index < -0.39 is 11.1 Å². The SMILES string of the molecule is Cn1c(=O)c(=O)n(Cc2ccc(C(=O)NCc3ccccc3)cc2)c2ccccc21. The highest BCUT2D eigenvalue weighted by atomic mass is 16.2. The van der Waals surface area contributed by atoms with Gasteiger partial charge in [-0.2, -0.15) is 0 Å². The van der Waals surface area contributed by atoms with Crippen LogP contribution in [0.15, 0.2) is 88.5 Å². The minimum atomic E-state index is -0.569. The predicted molar refractivity (Wildman–Crippen MR) is 117 cm³/mol. The summed E-state index contributed by atoms with van der Waals surface area (Å²) in [5.74, 6) is -0.165. The first-order valence-corrected chi connectivity index (χ1v) is 9.64. The molecule has 4 rings (SSSR count). The van der Waals surface area contributed by atoms with Crippen LogP contribution >= 0.6 is 0 Å². The summed E-state index contributed by atoms with van der Waals surface area (Å²) in [4.78, 5) is 37.3. The van der Waals surface area contributed by atoms with Gasteiger partial charge in [0.25, 0.3) is 5.91 Å². The molecule has 0 fully saturated rings. The molecule has 6 nitrogen and oxygen atoms in total. The molecule has 1 amide bonds. The fraction of sp³-hybridized carbons (Fsp3) is 0.125. The van der Waals surface area contributed by atoms with Crippen LogP contribution in [0.1, 0.15) is 21.5 Å². The van der Waals surface area contributed by atoms with Gasteiger partial charge in [0.05, 0.1) is 17.6 Å². The lowest BCUT2D eigenvalue weighted by Gasteiger charge is -2.13. The first-order chi connectivity index (χ1) is 14.5. The fourth-order valence-electron chi connectivity index (χ4n) is 3.44. The lowest BCUT2D eigenvalue weighted by molar-refractivity contribution is 0.0951. The molecule has 0 saturated heterocycles. The molecule has 30 heavy (non-hydrogen) atoms. The van der Waals surface area contributed by atoms with Gasteiger partial charge in [-0.15, -0.1) is 0 Å². The van der Waals surface area contributed by atoms with Crippen molar-refractivity contribution in [1.29, 1.82) is 0 Å². The Bertz CT molecular complexity index is 1320. The summed E-state index contributed by atoms with van der Waals surface area (Å²) in [6.45, 7) is 0.706. The van der Waals surface area contributed by atoms with Gasteiger partial charge in [-0.1, -0.05) is 54.6 Å².